The zero-order chi connectivity index (χ0) is 17.9. The molecule has 3 aliphatic carbocycles. The molecule has 4 unspecified atom stereocenters. The van der Waals surface area contributed by atoms with Crippen molar-refractivity contribution in [1.29, 1.82) is 0 Å². The highest BCUT2D eigenvalue weighted by Crippen LogP contribution is 2.50. The second-order valence-electron chi connectivity index (χ2n) is 9.15. The molecule has 3 saturated carbocycles. The topological polar surface area (TPSA) is 9.23 Å². The van der Waals surface area contributed by atoms with Crippen LogP contribution in [0.1, 0.15) is 82.6 Å². The molecule has 0 aromatic heterocycles. The van der Waals surface area contributed by atoms with E-state index in [1.165, 1.54) is 69.8 Å². The van der Waals surface area contributed by atoms with E-state index in [1.807, 2.05) is 12.1 Å². The van der Waals surface area contributed by atoms with Gasteiger partial charge in [0.05, 0.1) is 6.10 Å². The minimum absolute atomic E-state index is 0.109. The molecule has 0 N–H and O–H groups in total. The molecule has 0 spiro atoms. The highest BCUT2D eigenvalue weighted by molar-refractivity contribution is 5.21. The van der Waals surface area contributed by atoms with E-state index in [1.54, 1.807) is 12.1 Å². The minimum atomic E-state index is -0.109. The summed E-state index contributed by atoms with van der Waals surface area (Å²) in [7, 11) is 0. The summed E-state index contributed by atoms with van der Waals surface area (Å²) in [5, 5.41) is 0. The Hall–Kier alpha value is -0.890. The normalized spacial score (nSPS) is 37.9. The van der Waals surface area contributed by atoms with Gasteiger partial charge in [0, 0.05) is 6.61 Å². The predicted molar refractivity (Wildman–Crippen MR) is 105 cm³/mol. The van der Waals surface area contributed by atoms with Gasteiger partial charge < -0.3 is 4.74 Å². The molecule has 0 bridgehead atoms. The number of benzene rings is 1. The second kappa shape index (κ2) is 8.42. The predicted octanol–water partition coefficient (Wildman–Crippen LogP) is 6.72. The first kappa shape index (κ1) is 18.5. The third-order valence-electron chi connectivity index (χ3n) is 7.78. The number of rotatable bonds is 4. The third kappa shape index (κ3) is 4.16. The van der Waals surface area contributed by atoms with E-state index in [9.17, 15) is 4.39 Å². The zero-order valence-electron chi connectivity index (χ0n) is 16.3. The molecule has 2 heteroatoms. The van der Waals surface area contributed by atoms with Crippen molar-refractivity contribution in [2.24, 2.45) is 23.7 Å². The van der Waals surface area contributed by atoms with Gasteiger partial charge in [-0.15, -0.1) is 0 Å². The van der Waals surface area contributed by atoms with Gasteiger partial charge in [-0.3, -0.25) is 0 Å². The highest BCUT2D eigenvalue weighted by atomic mass is 19.1. The maximum atomic E-state index is 13.2. The Morgan fingerprint density at radius 3 is 2.04 bits per heavy atom. The molecular weight excluding hydrogens is 323 g/mol. The molecule has 0 saturated heterocycles. The number of halogens is 1. The average Bonchev–Trinajstić information content (AvgIpc) is 2.69. The maximum Gasteiger partial charge on any atom is 0.123 e. The molecular formula is C24H35FO. The Labute approximate surface area is 158 Å². The molecule has 4 rings (SSSR count). The van der Waals surface area contributed by atoms with Crippen LogP contribution in [0.5, 0.6) is 0 Å². The molecule has 1 aromatic rings. The Morgan fingerprint density at radius 1 is 0.769 bits per heavy atom. The van der Waals surface area contributed by atoms with Gasteiger partial charge in [-0.1, -0.05) is 12.1 Å². The van der Waals surface area contributed by atoms with E-state index in [-0.39, 0.29) is 5.82 Å². The van der Waals surface area contributed by atoms with E-state index >= 15 is 0 Å². The van der Waals surface area contributed by atoms with Gasteiger partial charge in [0.25, 0.3) is 0 Å². The summed E-state index contributed by atoms with van der Waals surface area (Å²) in [5.41, 5.74) is 1.36. The van der Waals surface area contributed by atoms with E-state index in [4.69, 9.17) is 4.74 Å². The number of hydrogen-bond donors (Lipinski definition) is 0. The molecule has 144 valence electrons. The molecule has 0 radical (unpaired) electrons. The average molecular weight is 359 g/mol. The summed E-state index contributed by atoms with van der Waals surface area (Å²) >= 11 is 0. The lowest BCUT2D eigenvalue weighted by molar-refractivity contribution is 0.00583. The molecule has 0 amide bonds. The van der Waals surface area contributed by atoms with Crippen LogP contribution < -0.4 is 0 Å². The fourth-order valence-corrected chi connectivity index (χ4v) is 6.35. The van der Waals surface area contributed by atoms with Crippen molar-refractivity contribution in [2.75, 3.05) is 6.61 Å². The van der Waals surface area contributed by atoms with Gasteiger partial charge in [0.2, 0.25) is 0 Å². The molecule has 3 fully saturated rings. The molecule has 4 atom stereocenters. The van der Waals surface area contributed by atoms with Crippen LogP contribution in [0, 0.1) is 29.5 Å². The van der Waals surface area contributed by atoms with Crippen LogP contribution in [-0.2, 0) is 4.74 Å². The summed E-state index contributed by atoms with van der Waals surface area (Å²) < 4.78 is 19.0. The van der Waals surface area contributed by atoms with Crippen molar-refractivity contribution in [3.05, 3.63) is 35.6 Å². The lowest BCUT2D eigenvalue weighted by atomic mass is 9.60. The van der Waals surface area contributed by atoms with Crippen LogP contribution in [-0.4, -0.2) is 12.7 Å². The first-order valence-electron chi connectivity index (χ1n) is 11.1. The molecule has 26 heavy (non-hydrogen) atoms. The standard InChI is InChI=1S/C24H35FO/c1-2-26-24-13-9-18(10-14-24)20-4-6-21-15-19(3-5-22(21)16-20)17-7-11-23(25)12-8-17/h7-8,11-12,18-22,24H,2-6,9-10,13-16H2,1H3. The molecule has 3 aliphatic rings. The quantitative estimate of drug-likeness (QED) is 0.580. The molecule has 0 aliphatic heterocycles. The zero-order valence-corrected chi connectivity index (χ0v) is 16.3. The maximum absolute atomic E-state index is 13.2. The second-order valence-corrected chi connectivity index (χ2v) is 9.15. The van der Waals surface area contributed by atoms with Gasteiger partial charge in [-0.05, 0) is 118 Å². The van der Waals surface area contributed by atoms with Crippen LogP contribution in [0.2, 0.25) is 0 Å². The summed E-state index contributed by atoms with van der Waals surface area (Å²) in [5.74, 6) is 4.35. The summed E-state index contributed by atoms with van der Waals surface area (Å²) in [6.07, 6.45) is 14.3. The van der Waals surface area contributed by atoms with E-state index < -0.39 is 0 Å². The van der Waals surface area contributed by atoms with Crippen LogP contribution in [0.4, 0.5) is 4.39 Å². The minimum Gasteiger partial charge on any atom is -0.379 e. The van der Waals surface area contributed by atoms with E-state index in [0.29, 0.717) is 12.0 Å². The van der Waals surface area contributed by atoms with Crippen molar-refractivity contribution in [2.45, 2.75) is 83.2 Å². The highest BCUT2D eigenvalue weighted by Gasteiger charge is 2.39. The van der Waals surface area contributed by atoms with Crippen LogP contribution >= 0.6 is 0 Å². The van der Waals surface area contributed by atoms with Crippen molar-refractivity contribution in [1.82, 2.24) is 0 Å². The number of fused-ring (bicyclic) bond motifs is 1. The Balaban J connectivity index is 1.29. The van der Waals surface area contributed by atoms with E-state index in [0.717, 1.165) is 30.3 Å². The first-order valence-corrected chi connectivity index (χ1v) is 11.1. The monoisotopic (exact) mass is 358 g/mol. The Morgan fingerprint density at radius 2 is 1.35 bits per heavy atom. The van der Waals surface area contributed by atoms with Gasteiger partial charge in [-0.2, -0.15) is 0 Å². The largest absolute Gasteiger partial charge is 0.379 e. The lowest BCUT2D eigenvalue weighted by Crippen LogP contribution is -2.35. The fourth-order valence-electron chi connectivity index (χ4n) is 6.35. The van der Waals surface area contributed by atoms with Crippen molar-refractivity contribution in [3.63, 3.8) is 0 Å². The fraction of sp³-hybridized carbons (Fsp3) is 0.750. The van der Waals surface area contributed by atoms with Gasteiger partial charge in [0.1, 0.15) is 5.82 Å². The van der Waals surface area contributed by atoms with Crippen LogP contribution in [0.15, 0.2) is 24.3 Å². The lowest BCUT2D eigenvalue weighted by Gasteiger charge is -2.45. The Bertz CT molecular complexity index is 560. The number of ether oxygens (including phenoxy) is 1. The molecule has 1 nitrogen and oxygen atoms in total. The Kier molecular flexibility index (Phi) is 5.98. The number of hydrogen-bond acceptors (Lipinski definition) is 1. The van der Waals surface area contributed by atoms with Gasteiger partial charge in [-0.25, -0.2) is 4.39 Å². The summed E-state index contributed by atoms with van der Waals surface area (Å²) in [4.78, 5) is 0. The molecule has 0 heterocycles. The van der Waals surface area contributed by atoms with Crippen molar-refractivity contribution in [3.8, 4) is 0 Å². The van der Waals surface area contributed by atoms with E-state index in [2.05, 4.69) is 6.92 Å². The van der Waals surface area contributed by atoms with Crippen molar-refractivity contribution >= 4 is 0 Å². The smallest absolute Gasteiger partial charge is 0.123 e. The summed E-state index contributed by atoms with van der Waals surface area (Å²) in [6.45, 7) is 2.99. The third-order valence-corrected chi connectivity index (χ3v) is 7.78. The van der Waals surface area contributed by atoms with Crippen LogP contribution in [0.25, 0.3) is 0 Å². The SMILES string of the molecule is CCOC1CCC(C2CCC3CC(c4ccc(F)cc4)CCC3C2)CC1. The first-order chi connectivity index (χ1) is 12.7. The molecule has 1 aromatic carbocycles. The van der Waals surface area contributed by atoms with Crippen LogP contribution in [0.3, 0.4) is 0 Å². The van der Waals surface area contributed by atoms with Gasteiger partial charge in [0.15, 0.2) is 0 Å². The summed E-state index contributed by atoms with van der Waals surface area (Å²) in [6, 6.07) is 7.30. The van der Waals surface area contributed by atoms with Crippen molar-refractivity contribution < 1.29 is 9.13 Å². The van der Waals surface area contributed by atoms with Gasteiger partial charge >= 0.3 is 0 Å².